The molecular formula is C11H7Cl3O2. The van der Waals surface area contributed by atoms with Gasteiger partial charge in [0.05, 0.1) is 21.3 Å². The molecule has 0 spiro atoms. The van der Waals surface area contributed by atoms with Crippen molar-refractivity contribution < 1.29 is 9.84 Å². The summed E-state index contributed by atoms with van der Waals surface area (Å²) in [6.07, 6.45) is 1.74. The Morgan fingerprint density at radius 1 is 1.19 bits per heavy atom. The maximum atomic E-state index is 9.69. The lowest BCUT2D eigenvalue weighted by atomic mass is 10.0. The fraction of sp³-hybridized carbons (Fsp3) is 0.0909. The summed E-state index contributed by atoms with van der Waals surface area (Å²) in [4.78, 5) is 0. The van der Waals surface area contributed by atoms with Crippen LogP contribution in [-0.4, -0.2) is 11.4 Å². The topological polar surface area (TPSA) is 29.5 Å². The molecule has 0 radical (unpaired) electrons. The first-order valence-electron chi connectivity index (χ1n) is 4.45. The van der Waals surface area contributed by atoms with E-state index in [1.165, 1.54) is 6.26 Å². The molecule has 0 amide bonds. The van der Waals surface area contributed by atoms with Gasteiger partial charge in [0.1, 0.15) is 0 Å². The molecule has 16 heavy (non-hydrogen) atoms. The highest BCUT2D eigenvalue weighted by Crippen LogP contribution is 2.36. The van der Waals surface area contributed by atoms with E-state index in [4.69, 9.17) is 39.5 Å². The summed E-state index contributed by atoms with van der Waals surface area (Å²) in [5.74, 6) is 0. The fourth-order valence-electron chi connectivity index (χ4n) is 1.42. The van der Waals surface area contributed by atoms with Crippen molar-refractivity contribution in [3.63, 3.8) is 0 Å². The molecule has 1 unspecified atom stereocenters. The van der Waals surface area contributed by atoms with E-state index in [0.717, 1.165) is 0 Å². The van der Waals surface area contributed by atoms with Crippen LogP contribution in [0.15, 0.2) is 35.6 Å². The number of benzene rings is 1. The first kappa shape index (κ1) is 11.8. The van der Waals surface area contributed by atoms with Crippen LogP contribution in [0, 0.1) is 0 Å². The van der Waals surface area contributed by atoms with E-state index in [2.05, 4.69) is 0 Å². The fourth-order valence-corrected chi connectivity index (χ4v) is 2.07. The third kappa shape index (κ3) is 2.06. The smallest absolute Gasteiger partial charge is 0.225 e. The molecule has 1 atom stereocenters. The predicted octanol–water partition coefficient (Wildman–Crippen LogP) is 3.81. The van der Waals surface area contributed by atoms with Crippen molar-refractivity contribution in [2.75, 3.05) is 0 Å². The maximum absolute atomic E-state index is 9.69. The van der Waals surface area contributed by atoms with E-state index in [1.54, 1.807) is 24.3 Å². The van der Waals surface area contributed by atoms with Crippen LogP contribution >= 0.6 is 34.8 Å². The Labute approximate surface area is 108 Å². The van der Waals surface area contributed by atoms with Crippen molar-refractivity contribution in [2.45, 2.75) is 6.29 Å². The van der Waals surface area contributed by atoms with Crippen LogP contribution in [0.5, 0.6) is 0 Å². The summed E-state index contributed by atoms with van der Waals surface area (Å²) in [5.41, 5.74) is 0.979. The van der Waals surface area contributed by atoms with Crippen molar-refractivity contribution in [2.24, 2.45) is 0 Å². The molecule has 0 saturated carbocycles. The molecule has 1 N–H and O–H groups in total. The Hall–Kier alpha value is -0.670. The zero-order valence-electron chi connectivity index (χ0n) is 7.95. The van der Waals surface area contributed by atoms with Gasteiger partial charge in [-0.2, -0.15) is 0 Å². The van der Waals surface area contributed by atoms with Gasteiger partial charge in [-0.1, -0.05) is 46.9 Å². The monoisotopic (exact) mass is 276 g/mol. The van der Waals surface area contributed by atoms with E-state index in [0.29, 0.717) is 26.2 Å². The van der Waals surface area contributed by atoms with Gasteiger partial charge in [-0.25, -0.2) is 0 Å². The van der Waals surface area contributed by atoms with Gasteiger partial charge in [-0.05, 0) is 12.1 Å². The van der Waals surface area contributed by atoms with Crippen molar-refractivity contribution in [1.29, 1.82) is 0 Å². The molecule has 0 aliphatic carbocycles. The Kier molecular flexibility index (Phi) is 3.45. The third-order valence-corrected chi connectivity index (χ3v) is 3.32. The molecule has 1 aliphatic heterocycles. The number of rotatable bonds is 1. The van der Waals surface area contributed by atoms with Crippen LogP contribution < -0.4 is 0 Å². The Morgan fingerprint density at radius 3 is 2.62 bits per heavy atom. The Morgan fingerprint density at radius 2 is 1.94 bits per heavy atom. The van der Waals surface area contributed by atoms with Gasteiger partial charge in [-0.3, -0.25) is 0 Å². The van der Waals surface area contributed by atoms with Crippen LogP contribution in [0.1, 0.15) is 5.56 Å². The molecular weight excluding hydrogens is 270 g/mol. The minimum Gasteiger partial charge on any atom is -0.468 e. The van der Waals surface area contributed by atoms with E-state index >= 15 is 0 Å². The van der Waals surface area contributed by atoms with Gasteiger partial charge in [0.15, 0.2) is 0 Å². The van der Waals surface area contributed by atoms with Crippen LogP contribution in [-0.2, 0) is 4.74 Å². The van der Waals surface area contributed by atoms with Crippen molar-refractivity contribution in [1.82, 2.24) is 0 Å². The van der Waals surface area contributed by atoms with Gasteiger partial charge in [0.25, 0.3) is 0 Å². The number of aliphatic hydroxyl groups is 1. The summed E-state index contributed by atoms with van der Waals surface area (Å²) in [7, 11) is 0. The largest absolute Gasteiger partial charge is 0.468 e. The average molecular weight is 278 g/mol. The molecule has 1 aromatic carbocycles. The van der Waals surface area contributed by atoms with Gasteiger partial charge in [0, 0.05) is 11.1 Å². The molecule has 0 saturated heterocycles. The quantitative estimate of drug-likeness (QED) is 0.846. The van der Waals surface area contributed by atoms with Crippen LogP contribution in [0.4, 0.5) is 0 Å². The summed E-state index contributed by atoms with van der Waals surface area (Å²) in [6, 6.07) is 5.11. The maximum Gasteiger partial charge on any atom is 0.225 e. The van der Waals surface area contributed by atoms with Gasteiger partial charge >= 0.3 is 0 Å². The third-order valence-electron chi connectivity index (χ3n) is 2.17. The van der Waals surface area contributed by atoms with E-state index in [9.17, 15) is 5.11 Å². The summed E-state index contributed by atoms with van der Waals surface area (Å²) >= 11 is 17.9. The zero-order chi connectivity index (χ0) is 11.7. The van der Waals surface area contributed by atoms with Gasteiger partial charge in [0.2, 0.25) is 6.29 Å². The molecule has 2 rings (SSSR count). The van der Waals surface area contributed by atoms with Crippen molar-refractivity contribution in [3.05, 3.63) is 51.2 Å². The highest BCUT2D eigenvalue weighted by Gasteiger charge is 2.22. The van der Waals surface area contributed by atoms with Gasteiger partial charge in [-0.15, -0.1) is 0 Å². The molecule has 0 aromatic heterocycles. The molecule has 0 bridgehead atoms. The van der Waals surface area contributed by atoms with Crippen molar-refractivity contribution in [3.8, 4) is 0 Å². The highest BCUT2D eigenvalue weighted by atomic mass is 35.5. The standard InChI is InChI=1S/C11H7Cl3O2/c12-7-4-5-16-11(15)9(7)6-2-1-3-8(13)10(6)14/h1-5,11,15H. The van der Waals surface area contributed by atoms with Crippen molar-refractivity contribution >= 4 is 40.4 Å². The van der Waals surface area contributed by atoms with Crippen LogP contribution in [0.25, 0.3) is 5.57 Å². The number of allylic oxidation sites excluding steroid dienone is 2. The number of aliphatic hydroxyl groups excluding tert-OH is 1. The molecule has 0 fully saturated rings. The van der Waals surface area contributed by atoms with Crippen LogP contribution in [0.3, 0.4) is 0 Å². The lowest BCUT2D eigenvalue weighted by Crippen LogP contribution is -2.15. The first-order chi connectivity index (χ1) is 7.61. The predicted molar refractivity (Wildman–Crippen MR) is 65.5 cm³/mol. The lowest BCUT2D eigenvalue weighted by molar-refractivity contribution is -0.00474. The van der Waals surface area contributed by atoms with E-state index in [1.807, 2.05) is 0 Å². The number of halogens is 3. The second kappa shape index (κ2) is 4.68. The SMILES string of the molecule is OC1OC=CC(Cl)=C1c1cccc(Cl)c1Cl. The van der Waals surface area contributed by atoms with Gasteiger partial charge < -0.3 is 9.84 Å². The molecule has 5 heteroatoms. The number of hydrogen-bond acceptors (Lipinski definition) is 2. The minimum atomic E-state index is -1.13. The second-order valence-electron chi connectivity index (χ2n) is 3.15. The van der Waals surface area contributed by atoms with E-state index in [-0.39, 0.29) is 0 Å². The van der Waals surface area contributed by atoms with Crippen LogP contribution in [0.2, 0.25) is 10.0 Å². The Balaban J connectivity index is 2.59. The molecule has 1 aliphatic rings. The normalized spacial score (nSPS) is 19.9. The zero-order valence-corrected chi connectivity index (χ0v) is 10.2. The highest BCUT2D eigenvalue weighted by molar-refractivity contribution is 6.43. The molecule has 2 nitrogen and oxygen atoms in total. The molecule has 84 valence electrons. The summed E-state index contributed by atoms with van der Waals surface area (Å²) in [6.45, 7) is 0. The number of hydrogen-bond donors (Lipinski definition) is 1. The second-order valence-corrected chi connectivity index (χ2v) is 4.35. The molecule has 1 aromatic rings. The minimum absolute atomic E-state index is 0.343. The summed E-state index contributed by atoms with van der Waals surface area (Å²) < 4.78 is 4.94. The first-order valence-corrected chi connectivity index (χ1v) is 5.59. The Bertz CT molecular complexity index is 480. The lowest BCUT2D eigenvalue weighted by Gasteiger charge is -2.20. The average Bonchev–Trinajstić information content (AvgIpc) is 2.24. The summed E-state index contributed by atoms with van der Waals surface area (Å²) in [5, 5.41) is 10.8. The number of ether oxygens (including phenoxy) is 1. The van der Waals surface area contributed by atoms with E-state index < -0.39 is 6.29 Å². The molecule has 1 heterocycles.